The van der Waals surface area contributed by atoms with Gasteiger partial charge in [0.15, 0.2) is 0 Å². The molecule has 2 rings (SSSR count). The summed E-state index contributed by atoms with van der Waals surface area (Å²) in [4.78, 5) is 24.3. The number of oxime groups is 1. The largest absolute Gasteiger partial charge is 0.466 e. The molecular weight excluding hydrogens is 375 g/mol. The second-order valence-corrected chi connectivity index (χ2v) is 5.74. The molecule has 0 aliphatic rings. The van der Waals surface area contributed by atoms with Gasteiger partial charge in [0.1, 0.15) is 18.6 Å². The van der Waals surface area contributed by atoms with Crippen LogP contribution in [0.3, 0.4) is 0 Å². The molecule has 0 fully saturated rings. The maximum Gasteiger partial charge on any atom is 0.416 e. The van der Waals surface area contributed by atoms with Crippen LogP contribution >= 0.6 is 0 Å². The third kappa shape index (κ3) is 6.64. The van der Waals surface area contributed by atoms with E-state index in [-0.39, 0.29) is 30.3 Å². The molecule has 0 aliphatic heterocycles. The summed E-state index contributed by atoms with van der Waals surface area (Å²) in [6.45, 7) is 2.27. The van der Waals surface area contributed by atoms with Gasteiger partial charge in [0.2, 0.25) is 0 Å². The highest BCUT2D eigenvalue weighted by Crippen LogP contribution is 2.30. The summed E-state index contributed by atoms with van der Waals surface area (Å²) in [6, 6.07) is 4.79. The fourth-order valence-corrected chi connectivity index (χ4v) is 2.32. The first kappa shape index (κ1) is 21.3. The highest BCUT2D eigenvalue weighted by Gasteiger charge is 2.30. The zero-order valence-electron chi connectivity index (χ0n) is 15.3. The number of halogens is 3. The van der Waals surface area contributed by atoms with Crippen molar-refractivity contribution in [3.63, 3.8) is 0 Å². The zero-order chi connectivity index (χ0) is 20.4. The second-order valence-electron chi connectivity index (χ2n) is 5.74. The summed E-state index contributed by atoms with van der Waals surface area (Å²) in [5, 5.41) is 3.99. The molecule has 28 heavy (non-hydrogen) atoms. The molecule has 0 atom stereocenters. The van der Waals surface area contributed by atoms with Crippen LogP contribution in [0.25, 0.3) is 0 Å². The van der Waals surface area contributed by atoms with Gasteiger partial charge in [0, 0.05) is 29.9 Å². The van der Waals surface area contributed by atoms with E-state index in [1.165, 1.54) is 30.9 Å². The summed E-state index contributed by atoms with van der Waals surface area (Å²) in [6.07, 6.45) is 1.09. The number of ether oxygens (including phenoxy) is 1. The van der Waals surface area contributed by atoms with Crippen molar-refractivity contribution in [3.05, 3.63) is 59.7 Å². The number of aromatic nitrogens is 2. The number of carbonyl (C=O) groups is 1. The molecule has 9 heteroatoms. The van der Waals surface area contributed by atoms with Gasteiger partial charge < -0.3 is 9.57 Å². The van der Waals surface area contributed by atoms with Crippen molar-refractivity contribution in [1.82, 2.24) is 9.97 Å². The molecule has 1 aromatic heterocycles. The minimum atomic E-state index is -4.47. The normalized spacial score (nSPS) is 11.9. The number of hydrogen-bond donors (Lipinski definition) is 0. The quantitative estimate of drug-likeness (QED) is 0.278. The summed E-state index contributed by atoms with van der Waals surface area (Å²) in [7, 11) is 0. The first-order valence-corrected chi connectivity index (χ1v) is 8.70. The Hall–Kier alpha value is -2.97. The molecular formula is C19H20F3N3O3. The first-order valence-electron chi connectivity index (χ1n) is 8.70. The minimum Gasteiger partial charge on any atom is -0.466 e. The molecule has 0 saturated heterocycles. The third-order valence-electron chi connectivity index (χ3n) is 3.63. The van der Waals surface area contributed by atoms with Gasteiger partial charge in [-0.15, -0.1) is 0 Å². The van der Waals surface area contributed by atoms with E-state index in [4.69, 9.17) is 9.57 Å². The maximum absolute atomic E-state index is 13.0. The Morgan fingerprint density at radius 2 is 1.89 bits per heavy atom. The predicted molar refractivity (Wildman–Crippen MR) is 95.6 cm³/mol. The van der Waals surface area contributed by atoms with Crippen molar-refractivity contribution in [1.29, 1.82) is 0 Å². The van der Waals surface area contributed by atoms with E-state index >= 15 is 0 Å². The van der Waals surface area contributed by atoms with E-state index in [0.717, 1.165) is 12.1 Å². The van der Waals surface area contributed by atoms with Crippen LogP contribution in [0.2, 0.25) is 0 Å². The molecule has 1 heterocycles. The number of carbonyl (C=O) groups excluding carboxylic acids is 1. The molecule has 0 amide bonds. The molecule has 0 bridgehead atoms. The number of esters is 1. The predicted octanol–water partition coefficient (Wildman–Crippen LogP) is 4.00. The first-order chi connectivity index (χ1) is 13.4. The fourth-order valence-electron chi connectivity index (χ4n) is 2.32. The Labute approximate surface area is 160 Å². The van der Waals surface area contributed by atoms with Gasteiger partial charge in [-0.2, -0.15) is 13.2 Å². The van der Waals surface area contributed by atoms with Crippen LogP contribution in [-0.4, -0.2) is 34.9 Å². The van der Waals surface area contributed by atoms with Crippen LogP contribution in [-0.2, 0) is 20.5 Å². The van der Waals surface area contributed by atoms with E-state index in [2.05, 4.69) is 15.1 Å². The van der Waals surface area contributed by atoms with Crippen molar-refractivity contribution in [3.8, 4) is 0 Å². The van der Waals surface area contributed by atoms with Crippen LogP contribution in [0.4, 0.5) is 13.2 Å². The van der Waals surface area contributed by atoms with Crippen LogP contribution in [0.15, 0.2) is 48.1 Å². The SMILES string of the molecule is CCOC(=O)CCCCO/N=C(\c1cncnc1)c1cccc(C(F)(F)F)c1. The topological polar surface area (TPSA) is 73.7 Å². The Morgan fingerprint density at radius 3 is 2.57 bits per heavy atom. The van der Waals surface area contributed by atoms with Gasteiger partial charge >= 0.3 is 12.1 Å². The standard InChI is InChI=1S/C19H20F3N3O3/c1-2-27-17(26)8-3-4-9-28-25-18(15-11-23-13-24-12-15)14-6-5-7-16(10-14)19(20,21)22/h5-7,10-13H,2-4,8-9H2,1H3/b25-18-. The number of hydrogen-bond acceptors (Lipinski definition) is 6. The lowest BCUT2D eigenvalue weighted by molar-refractivity contribution is -0.143. The van der Waals surface area contributed by atoms with E-state index in [9.17, 15) is 18.0 Å². The van der Waals surface area contributed by atoms with E-state index < -0.39 is 11.7 Å². The van der Waals surface area contributed by atoms with Crippen LogP contribution in [0, 0.1) is 0 Å². The van der Waals surface area contributed by atoms with Crippen LogP contribution in [0.5, 0.6) is 0 Å². The molecule has 0 spiro atoms. The Morgan fingerprint density at radius 1 is 1.14 bits per heavy atom. The van der Waals surface area contributed by atoms with Crippen molar-refractivity contribution < 1.29 is 27.5 Å². The third-order valence-corrected chi connectivity index (χ3v) is 3.63. The van der Waals surface area contributed by atoms with Gasteiger partial charge in [-0.3, -0.25) is 4.79 Å². The molecule has 0 radical (unpaired) electrons. The van der Waals surface area contributed by atoms with Crippen LogP contribution in [0.1, 0.15) is 42.9 Å². The number of rotatable bonds is 9. The Bertz CT molecular complexity index is 796. The average Bonchev–Trinajstić information content (AvgIpc) is 2.68. The Balaban J connectivity index is 2.09. The number of alkyl halides is 3. The maximum atomic E-state index is 13.0. The average molecular weight is 395 g/mol. The molecule has 2 aromatic rings. The van der Waals surface area contributed by atoms with E-state index in [0.29, 0.717) is 25.0 Å². The van der Waals surface area contributed by atoms with E-state index in [1.54, 1.807) is 6.92 Å². The Kier molecular flexibility index (Phi) is 7.91. The van der Waals surface area contributed by atoms with E-state index in [1.807, 2.05) is 0 Å². The highest BCUT2D eigenvalue weighted by atomic mass is 19.4. The molecule has 1 aromatic carbocycles. The van der Waals surface area contributed by atoms with Crippen molar-refractivity contribution in [2.75, 3.05) is 13.2 Å². The molecule has 0 saturated carbocycles. The fraction of sp³-hybridized carbons (Fsp3) is 0.368. The van der Waals surface area contributed by atoms with Crippen molar-refractivity contribution in [2.24, 2.45) is 5.16 Å². The second kappa shape index (κ2) is 10.4. The monoisotopic (exact) mass is 395 g/mol. The summed E-state index contributed by atoms with van der Waals surface area (Å²) < 4.78 is 43.9. The van der Waals surface area contributed by atoms with Crippen LogP contribution < -0.4 is 0 Å². The molecule has 150 valence electrons. The molecule has 0 aliphatic carbocycles. The van der Waals surface area contributed by atoms with Gasteiger partial charge in [0.05, 0.1) is 12.2 Å². The molecule has 0 unspecified atom stereocenters. The lowest BCUT2D eigenvalue weighted by atomic mass is 10.0. The smallest absolute Gasteiger partial charge is 0.416 e. The molecule has 6 nitrogen and oxygen atoms in total. The summed E-state index contributed by atoms with van der Waals surface area (Å²) >= 11 is 0. The highest BCUT2D eigenvalue weighted by molar-refractivity contribution is 6.12. The van der Waals surface area contributed by atoms with Crippen molar-refractivity contribution in [2.45, 2.75) is 32.4 Å². The van der Waals surface area contributed by atoms with Gasteiger partial charge in [0.25, 0.3) is 0 Å². The number of unbranched alkanes of at least 4 members (excludes halogenated alkanes) is 1. The van der Waals surface area contributed by atoms with Gasteiger partial charge in [-0.25, -0.2) is 9.97 Å². The van der Waals surface area contributed by atoms with Gasteiger partial charge in [-0.1, -0.05) is 17.3 Å². The van der Waals surface area contributed by atoms with Crippen molar-refractivity contribution >= 4 is 11.7 Å². The lowest BCUT2D eigenvalue weighted by Gasteiger charge is -2.10. The lowest BCUT2D eigenvalue weighted by Crippen LogP contribution is -2.10. The molecule has 0 N–H and O–H groups in total. The number of nitrogens with zero attached hydrogens (tertiary/aromatic N) is 3. The summed E-state index contributed by atoms with van der Waals surface area (Å²) in [5.74, 6) is -0.280. The number of benzene rings is 1. The minimum absolute atomic E-state index is 0.192. The summed E-state index contributed by atoms with van der Waals surface area (Å²) in [5.41, 5.74) is 0.0607. The van der Waals surface area contributed by atoms with Gasteiger partial charge in [-0.05, 0) is 31.9 Å². The zero-order valence-corrected chi connectivity index (χ0v) is 15.3.